The van der Waals surface area contributed by atoms with Crippen molar-refractivity contribution in [3.05, 3.63) is 52.3 Å². The van der Waals surface area contributed by atoms with E-state index in [4.69, 9.17) is 20.6 Å². The number of amides is 3. The van der Waals surface area contributed by atoms with E-state index < -0.39 is 24.9 Å². The van der Waals surface area contributed by atoms with Crippen LogP contribution in [-0.2, 0) is 14.3 Å². The van der Waals surface area contributed by atoms with E-state index in [2.05, 4.69) is 15.6 Å². The smallest absolute Gasteiger partial charge is 0.423 e. The second-order valence-electron chi connectivity index (χ2n) is 8.77. The number of carbonyl (C=O) groups is 4. The highest BCUT2D eigenvalue weighted by molar-refractivity contribution is 6.21. The van der Waals surface area contributed by atoms with Crippen LogP contribution in [0, 0.1) is 19.3 Å². The van der Waals surface area contributed by atoms with Crippen molar-refractivity contribution in [2.45, 2.75) is 52.6 Å². The summed E-state index contributed by atoms with van der Waals surface area (Å²) in [6, 6.07) is 3.94. The van der Waals surface area contributed by atoms with Crippen molar-refractivity contribution >= 4 is 35.4 Å². The summed E-state index contributed by atoms with van der Waals surface area (Å²) in [5.74, 6) is -1.73. The molecule has 12 heteroatoms. The van der Waals surface area contributed by atoms with Crippen molar-refractivity contribution < 1.29 is 28.7 Å². The molecule has 0 saturated heterocycles. The van der Waals surface area contributed by atoms with Gasteiger partial charge in [0.25, 0.3) is 11.8 Å². The molecule has 0 aliphatic heterocycles. The third kappa shape index (κ3) is 6.53. The van der Waals surface area contributed by atoms with Gasteiger partial charge in [0, 0.05) is 24.3 Å². The number of aromatic nitrogens is 1. The fraction of sp³-hybridized carbons (Fsp3) is 0.400. The first kappa shape index (κ1) is 27.4. The summed E-state index contributed by atoms with van der Waals surface area (Å²) in [7, 11) is 0. The maximum absolute atomic E-state index is 13.2. The van der Waals surface area contributed by atoms with Gasteiger partial charge in [-0.2, -0.15) is 0 Å². The quantitative estimate of drug-likeness (QED) is 0.148. The van der Waals surface area contributed by atoms with Crippen molar-refractivity contribution in [3.63, 3.8) is 0 Å². The van der Waals surface area contributed by atoms with Gasteiger partial charge in [0.05, 0.1) is 16.9 Å². The first-order valence-electron chi connectivity index (χ1n) is 11.9. The lowest BCUT2D eigenvalue weighted by Gasteiger charge is -2.25. The van der Waals surface area contributed by atoms with Crippen LogP contribution in [0.2, 0.25) is 0 Å². The van der Waals surface area contributed by atoms with Gasteiger partial charge in [-0.05, 0) is 63.8 Å². The first-order valence-corrected chi connectivity index (χ1v) is 11.9. The summed E-state index contributed by atoms with van der Waals surface area (Å²) in [5.41, 5.74) is 7.51. The molecule has 1 fully saturated rings. The number of esters is 1. The average molecular weight is 513 g/mol. The van der Waals surface area contributed by atoms with Gasteiger partial charge in [-0.1, -0.05) is 6.07 Å². The van der Waals surface area contributed by atoms with E-state index in [1.165, 1.54) is 19.2 Å². The summed E-state index contributed by atoms with van der Waals surface area (Å²) in [6.07, 6.45) is 2.29. The molecule has 0 spiro atoms. The zero-order valence-corrected chi connectivity index (χ0v) is 21.3. The Morgan fingerprint density at radius 3 is 2.51 bits per heavy atom. The number of aromatic amines is 1. The van der Waals surface area contributed by atoms with Crippen molar-refractivity contribution in [2.75, 3.05) is 18.2 Å². The maximum atomic E-state index is 13.2. The maximum Gasteiger partial charge on any atom is 0.423 e. The summed E-state index contributed by atoms with van der Waals surface area (Å²) < 4.78 is 9.98. The molecule has 1 aromatic carbocycles. The van der Waals surface area contributed by atoms with Gasteiger partial charge in [-0.25, -0.2) is 9.69 Å². The monoisotopic (exact) mass is 512 g/mol. The van der Waals surface area contributed by atoms with Gasteiger partial charge >= 0.3 is 12.1 Å². The Bertz CT molecular complexity index is 1220. The minimum atomic E-state index is -1.03. The second-order valence-corrected chi connectivity index (χ2v) is 8.77. The number of hydrogen-bond acceptors (Lipinski definition) is 8. The summed E-state index contributed by atoms with van der Waals surface area (Å²) in [4.78, 5) is 53.8. The van der Waals surface area contributed by atoms with E-state index in [1.807, 2.05) is 0 Å². The largest absolute Gasteiger partial charge is 0.427 e. The summed E-state index contributed by atoms with van der Waals surface area (Å²) >= 11 is 0. The minimum absolute atomic E-state index is 0.148. The third-order valence-corrected chi connectivity index (χ3v) is 5.74. The number of H-pyrrole nitrogens is 1. The first-order chi connectivity index (χ1) is 17.5. The number of ether oxygens (including phenoxy) is 2. The SMILES string of the molecule is CCNC(=O)c1ccc(C)c(N(C(=N)c2[nH]cc(C(=O)NC3CC3)c2C)C(=O)OCOC(=O)C(C)N)c1. The predicted molar refractivity (Wildman–Crippen MR) is 136 cm³/mol. The van der Waals surface area contributed by atoms with Crippen LogP contribution in [0.4, 0.5) is 10.5 Å². The van der Waals surface area contributed by atoms with Crippen molar-refractivity contribution in [3.8, 4) is 0 Å². The lowest BCUT2D eigenvalue weighted by molar-refractivity contribution is -0.152. The van der Waals surface area contributed by atoms with E-state index >= 15 is 0 Å². The normalized spacial score (nSPS) is 13.3. The van der Waals surface area contributed by atoms with Crippen LogP contribution >= 0.6 is 0 Å². The fourth-order valence-corrected chi connectivity index (χ4v) is 3.48. The van der Waals surface area contributed by atoms with Gasteiger partial charge in [-0.15, -0.1) is 0 Å². The Hall–Kier alpha value is -4.19. The molecule has 1 heterocycles. The van der Waals surface area contributed by atoms with E-state index in [0.29, 0.717) is 23.2 Å². The van der Waals surface area contributed by atoms with E-state index in [1.54, 1.807) is 32.9 Å². The Labute approximate surface area is 214 Å². The number of nitrogens with two attached hydrogens (primary N) is 1. The number of amidine groups is 1. The Balaban J connectivity index is 1.96. The molecule has 0 bridgehead atoms. The molecule has 12 nitrogen and oxygen atoms in total. The standard InChI is InChI=1S/C25H32N6O6/c1-5-28-22(32)16-7-6-13(2)19(10-16)31(25(35)37-12-36-24(34)15(4)26)21(27)20-14(3)18(11-29-20)23(33)30-17-8-9-17/h6-7,10-11,15,17,27,29H,5,8-9,12,26H2,1-4H3,(H,28,32)(H,30,33). The molecule has 6 N–H and O–H groups in total. The fourth-order valence-electron chi connectivity index (χ4n) is 3.48. The molecule has 1 unspecified atom stereocenters. The second kappa shape index (κ2) is 11.7. The molecule has 198 valence electrons. The molecule has 1 aliphatic carbocycles. The van der Waals surface area contributed by atoms with E-state index in [-0.39, 0.29) is 40.6 Å². The van der Waals surface area contributed by atoms with Gasteiger partial charge in [-0.3, -0.25) is 19.8 Å². The molecular weight excluding hydrogens is 480 g/mol. The molecule has 1 aliphatic rings. The minimum Gasteiger partial charge on any atom is -0.427 e. The number of nitrogens with one attached hydrogen (secondary N) is 4. The molecule has 1 aromatic heterocycles. The van der Waals surface area contributed by atoms with Crippen LogP contribution in [0.25, 0.3) is 0 Å². The summed E-state index contributed by atoms with van der Waals surface area (Å²) in [6.45, 7) is 6.25. The van der Waals surface area contributed by atoms with Crippen LogP contribution in [0.3, 0.4) is 0 Å². The van der Waals surface area contributed by atoms with E-state index in [9.17, 15) is 19.2 Å². The zero-order chi connectivity index (χ0) is 27.3. The number of anilines is 1. The average Bonchev–Trinajstić information content (AvgIpc) is 3.58. The number of aryl methyl sites for hydroxylation is 1. The van der Waals surface area contributed by atoms with Crippen LogP contribution in [-0.4, -0.2) is 60.1 Å². The van der Waals surface area contributed by atoms with Gasteiger partial charge in [0.15, 0.2) is 5.84 Å². The molecule has 3 amide bonds. The number of benzene rings is 1. The molecule has 3 rings (SSSR count). The Morgan fingerprint density at radius 2 is 1.89 bits per heavy atom. The van der Waals surface area contributed by atoms with Gasteiger partial charge in [0.1, 0.15) is 6.04 Å². The Kier molecular flexibility index (Phi) is 8.66. The van der Waals surface area contributed by atoms with Crippen molar-refractivity contribution in [1.82, 2.24) is 15.6 Å². The van der Waals surface area contributed by atoms with E-state index in [0.717, 1.165) is 17.7 Å². The highest BCUT2D eigenvalue weighted by Gasteiger charge is 2.30. The van der Waals surface area contributed by atoms with Crippen LogP contribution in [0.1, 0.15) is 64.2 Å². The molecule has 0 radical (unpaired) electrons. The number of hydrogen-bond donors (Lipinski definition) is 5. The van der Waals surface area contributed by atoms with Crippen LogP contribution < -0.4 is 21.3 Å². The van der Waals surface area contributed by atoms with Crippen molar-refractivity contribution in [1.29, 1.82) is 5.41 Å². The highest BCUT2D eigenvalue weighted by Crippen LogP contribution is 2.27. The third-order valence-electron chi connectivity index (χ3n) is 5.74. The van der Waals surface area contributed by atoms with Crippen LogP contribution in [0.5, 0.6) is 0 Å². The highest BCUT2D eigenvalue weighted by atomic mass is 16.7. The molecule has 1 saturated carbocycles. The molecule has 37 heavy (non-hydrogen) atoms. The molecular formula is C25H32N6O6. The lowest BCUT2D eigenvalue weighted by atomic mass is 10.1. The number of rotatable bonds is 9. The summed E-state index contributed by atoms with van der Waals surface area (Å²) in [5, 5.41) is 14.5. The number of carbonyl (C=O) groups excluding carboxylic acids is 4. The molecule has 2 aromatic rings. The van der Waals surface area contributed by atoms with Crippen LogP contribution in [0.15, 0.2) is 24.4 Å². The number of nitrogens with zero attached hydrogens (tertiary/aromatic N) is 1. The topological polar surface area (TPSA) is 180 Å². The van der Waals surface area contributed by atoms with Crippen molar-refractivity contribution in [2.24, 2.45) is 5.73 Å². The lowest BCUT2D eigenvalue weighted by Crippen LogP contribution is -2.40. The zero-order valence-electron chi connectivity index (χ0n) is 21.3. The Morgan fingerprint density at radius 1 is 1.19 bits per heavy atom. The van der Waals surface area contributed by atoms with Gasteiger partial charge < -0.3 is 30.8 Å². The van der Waals surface area contributed by atoms with Gasteiger partial charge in [0.2, 0.25) is 6.79 Å². The molecule has 1 atom stereocenters. The predicted octanol–water partition coefficient (Wildman–Crippen LogP) is 2.09.